The van der Waals surface area contributed by atoms with Gasteiger partial charge in [0, 0.05) is 23.5 Å². The smallest absolute Gasteiger partial charge is 0.255 e. The number of anilines is 1. The van der Waals surface area contributed by atoms with E-state index in [1.807, 2.05) is 42.5 Å². The third-order valence-electron chi connectivity index (χ3n) is 3.64. The van der Waals surface area contributed by atoms with E-state index in [0.717, 1.165) is 26.5 Å². The SMILES string of the molecule is O=C(Nc1ccccc1-c1nc2ccccc2s1)c1ccncc1. The highest BCUT2D eigenvalue weighted by atomic mass is 32.1. The Morgan fingerprint density at radius 1 is 0.917 bits per heavy atom. The molecule has 0 saturated carbocycles. The lowest BCUT2D eigenvalue weighted by atomic mass is 10.1. The number of hydrogen-bond acceptors (Lipinski definition) is 4. The van der Waals surface area contributed by atoms with Gasteiger partial charge in [-0.2, -0.15) is 0 Å². The number of aromatic nitrogens is 2. The van der Waals surface area contributed by atoms with Crippen LogP contribution in [0.4, 0.5) is 5.69 Å². The lowest BCUT2D eigenvalue weighted by Crippen LogP contribution is -2.12. The first-order valence-corrected chi connectivity index (χ1v) is 8.29. The van der Waals surface area contributed by atoms with Crippen LogP contribution in [0.5, 0.6) is 0 Å². The second kappa shape index (κ2) is 6.22. The van der Waals surface area contributed by atoms with E-state index in [-0.39, 0.29) is 5.91 Å². The van der Waals surface area contributed by atoms with Crippen LogP contribution in [0.2, 0.25) is 0 Å². The number of thiazole rings is 1. The number of para-hydroxylation sites is 2. The average Bonchev–Trinajstić information content (AvgIpc) is 3.07. The minimum absolute atomic E-state index is 0.161. The molecule has 0 saturated heterocycles. The summed E-state index contributed by atoms with van der Waals surface area (Å²) >= 11 is 1.62. The number of nitrogens with one attached hydrogen (secondary N) is 1. The van der Waals surface area contributed by atoms with Crippen molar-refractivity contribution in [1.29, 1.82) is 0 Å². The lowest BCUT2D eigenvalue weighted by molar-refractivity contribution is 0.102. The molecule has 0 aliphatic heterocycles. The molecule has 0 radical (unpaired) electrons. The summed E-state index contributed by atoms with van der Waals surface area (Å²) in [5.41, 5.74) is 3.20. The monoisotopic (exact) mass is 331 g/mol. The van der Waals surface area contributed by atoms with E-state index in [0.29, 0.717) is 5.56 Å². The third-order valence-corrected chi connectivity index (χ3v) is 4.71. The van der Waals surface area contributed by atoms with Crippen molar-refractivity contribution in [2.75, 3.05) is 5.32 Å². The van der Waals surface area contributed by atoms with Crippen molar-refractivity contribution in [1.82, 2.24) is 9.97 Å². The number of benzene rings is 2. The summed E-state index contributed by atoms with van der Waals surface area (Å²) < 4.78 is 1.13. The molecule has 2 aromatic carbocycles. The van der Waals surface area contributed by atoms with Gasteiger partial charge in [0.1, 0.15) is 5.01 Å². The molecular formula is C19H13N3OS. The second-order valence-electron chi connectivity index (χ2n) is 5.22. The Kier molecular flexibility index (Phi) is 3.76. The Morgan fingerprint density at radius 3 is 2.50 bits per heavy atom. The molecule has 0 spiro atoms. The van der Waals surface area contributed by atoms with Crippen LogP contribution in [0.1, 0.15) is 10.4 Å². The van der Waals surface area contributed by atoms with Crippen LogP contribution in [0.15, 0.2) is 73.1 Å². The van der Waals surface area contributed by atoms with Crippen LogP contribution in [0.25, 0.3) is 20.8 Å². The molecule has 4 rings (SSSR count). The molecule has 0 unspecified atom stereocenters. The Morgan fingerprint density at radius 2 is 1.67 bits per heavy atom. The van der Waals surface area contributed by atoms with E-state index in [1.54, 1.807) is 35.9 Å². The number of carbonyl (C=O) groups is 1. The fourth-order valence-electron chi connectivity index (χ4n) is 2.46. The predicted octanol–water partition coefficient (Wildman–Crippen LogP) is 4.61. The van der Waals surface area contributed by atoms with E-state index in [9.17, 15) is 4.79 Å². The first-order valence-electron chi connectivity index (χ1n) is 7.47. The normalized spacial score (nSPS) is 10.7. The summed E-state index contributed by atoms with van der Waals surface area (Å²) in [5, 5.41) is 3.86. The van der Waals surface area contributed by atoms with E-state index in [2.05, 4.69) is 21.4 Å². The maximum Gasteiger partial charge on any atom is 0.255 e. The maximum absolute atomic E-state index is 12.4. The van der Waals surface area contributed by atoms with Gasteiger partial charge in [-0.25, -0.2) is 4.98 Å². The Bertz CT molecular complexity index is 978. The van der Waals surface area contributed by atoms with Crippen LogP contribution < -0.4 is 5.32 Å². The zero-order valence-electron chi connectivity index (χ0n) is 12.6. The average molecular weight is 331 g/mol. The molecule has 4 aromatic rings. The molecule has 0 bridgehead atoms. The van der Waals surface area contributed by atoms with E-state index in [4.69, 9.17) is 0 Å². The van der Waals surface area contributed by atoms with Crippen molar-refractivity contribution in [3.63, 3.8) is 0 Å². The minimum Gasteiger partial charge on any atom is -0.321 e. The topological polar surface area (TPSA) is 54.9 Å². The highest BCUT2D eigenvalue weighted by Crippen LogP contribution is 2.34. The summed E-state index contributed by atoms with van der Waals surface area (Å²) in [6.07, 6.45) is 3.21. The fourth-order valence-corrected chi connectivity index (χ4v) is 3.47. The number of carbonyl (C=O) groups excluding carboxylic acids is 1. The van der Waals surface area contributed by atoms with Crippen LogP contribution in [0.3, 0.4) is 0 Å². The van der Waals surface area contributed by atoms with Gasteiger partial charge in [-0.1, -0.05) is 24.3 Å². The highest BCUT2D eigenvalue weighted by molar-refractivity contribution is 7.21. The fraction of sp³-hybridized carbons (Fsp3) is 0. The molecule has 2 heterocycles. The van der Waals surface area contributed by atoms with Crippen molar-refractivity contribution in [3.8, 4) is 10.6 Å². The van der Waals surface area contributed by atoms with Gasteiger partial charge in [0.05, 0.1) is 15.9 Å². The van der Waals surface area contributed by atoms with Gasteiger partial charge in [0.15, 0.2) is 0 Å². The zero-order valence-corrected chi connectivity index (χ0v) is 13.5. The summed E-state index contributed by atoms with van der Waals surface area (Å²) in [5.74, 6) is -0.161. The highest BCUT2D eigenvalue weighted by Gasteiger charge is 2.13. The summed E-state index contributed by atoms with van der Waals surface area (Å²) in [7, 11) is 0. The van der Waals surface area contributed by atoms with E-state index < -0.39 is 0 Å². The van der Waals surface area contributed by atoms with Gasteiger partial charge in [-0.05, 0) is 36.4 Å². The van der Waals surface area contributed by atoms with Crippen LogP contribution in [0, 0.1) is 0 Å². The molecule has 1 N–H and O–H groups in total. The largest absolute Gasteiger partial charge is 0.321 e. The quantitative estimate of drug-likeness (QED) is 0.596. The van der Waals surface area contributed by atoms with Gasteiger partial charge in [0.25, 0.3) is 5.91 Å². The number of nitrogens with zero attached hydrogens (tertiary/aromatic N) is 2. The van der Waals surface area contributed by atoms with Crippen molar-refractivity contribution < 1.29 is 4.79 Å². The molecule has 0 fully saturated rings. The molecule has 116 valence electrons. The van der Waals surface area contributed by atoms with Crippen molar-refractivity contribution in [2.45, 2.75) is 0 Å². The van der Waals surface area contributed by atoms with Crippen LogP contribution >= 0.6 is 11.3 Å². The van der Waals surface area contributed by atoms with Gasteiger partial charge in [-0.15, -0.1) is 11.3 Å². The Hall–Kier alpha value is -3.05. The number of pyridine rings is 1. The standard InChI is InChI=1S/C19H13N3OS/c23-18(13-9-11-20-12-10-13)21-15-6-2-1-5-14(15)19-22-16-7-3-4-8-17(16)24-19/h1-12H,(H,21,23). The van der Waals surface area contributed by atoms with Crippen molar-refractivity contribution in [3.05, 3.63) is 78.6 Å². The molecular weight excluding hydrogens is 318 g/mol. The molecule has 0 aliphatic carbocycles. The van der Waals surface area contributed by atoms with Crippen LogP contribution in [-0.4, -0.2) is 15.9 Å². The van der Waals surface area contributed by atoms with Gasteiger partial charge >= 0.3 is 0 Å². The number of amides is 1. The summed E-state index contributed by atoms with van der Waals surface area (Å²) in [6, 6.07) is 19.1. The number of fused-ring (bicyclic) bond motifs is 1. The number of rotatable bonds is 3. The van der Waals surface area contributed by atoms with Gasteiger partial charge in [0.2, 0.25) is 0 Å². The zero-order chi connectivity index (χ0) is 16.4. The molecule has 1 amide bonds. The lowest BCUT2D eigenvalue weighted by Gasteiger charge is -2.09. The van der Waals surface area contributed by atoms with E-state index >= 15 is 0 Å². The van der Waals surface area contributed by atoms with Crippen LogP contribution in [-0.2, 0) is 0 Å². The molecule has 4 nitrogen and oxygen atoms in total. The molecule has 2 aromatic heterocycles. The Labute approximate surface area is 142 Å². The first kappa shape index (κ1) is 14.5. The van der Waals surface area contributed by atoms with Crippen molar-refractivity contribution in [2.24, 2.45) is 0 Å². The molecule has 0 atom stereocenters. The maximum atomic E-state index is 12.4. The second-order valence-corrected chi connectivity index (χ2v) is 6.25. The van der Waals surface area contributed by atoms with Crippen molar-refractivity contribution >= 4 is 33.1 Å². The summed E-state index contributed by atoms with van der Waals surface area (Å²) in [4.78, 5) is 21.0. The minimum atomic E-state index is -0.161. The summed E-state index contributed by atoms with van der Waals surface area (Å²) in [6.45, 7) is 0. The Balaban J connectivity index is 1.71. The van der Waals surface area contributed by atoms with Gasteiger partial charge in [-0.3, -0.25) is 9.78 Å². The van der Waals surface area contributed by atoms with E-state index in [1.165, 1.54) is 0 Å². The first-order chi connectivity index (χ1) is 11.8. The molecule has 0 aliphatic rings. The third kappa shape index (κ3) is 2.77. The molecule has 5 heteroatoms. The number of hydrogen-bond donors (Lipinski definition) is 1. The predicted molar refractivity (Wildman–Crippen MR) is 97.2 cm³/mol. The molecule has 24 heavy (non-hydrogen) atoms. The van der Waals surface area contributed by atoms with Gasteiger partial charge < -0.3 is 5.32 Å².